The summed E-state index contributed by atoms with van der Waals surface area (Å²) in [6.07, 6.45) is 0. The van der Waals surface area contributed by atoms with Crippen LogP contribution in [0, 0.1) is 6.92 Å². The lowest BCUT2D eigenvalue weighted by Crippen LogP contribution is -2.29. The van der Waals surface area contributed by atoms with Gasteiger partial charge >= 0.3 is 5.97 Å². The molecule has 1 fully saturated rings. The van der Waals surface area contributed by atoms with Crippen LogP contribution in [-0.4, -0.2) is 47.5 Å². The lowest BCUT2D eigenvalue weighted by molar-refractivity contribution is -0.140. The highest BCUT2D eigenvalue weighted by atomic mass is 16.5. The van der Waals surface area contributed by atoms with E-state index >= 15 is 0 Å². The van der Waals surface area contributed by atoms with Crippen molar-refractivity contribution in [2.45, 2.75) is 40.3 Å². The number of amides is 1. The van der Waals surface area contributed by atoms with E-state index in [0.29, 0.717) is 47.0 Å². The molecule has 8 nitrogen and oxygen atoms in total. The zero-order valence-electron chi connectivity index (χ0n) is 23.1. The molecule has 1 aliphatic heterocycles. The van der Waals surface area contributed by atoms with Gasteiger partial charge in [0.2, 0.25) is 0 Å². The van der Waals surface area contributed by atoms with E-state index < -0.39 is 23.7 Å². The number of likely N-dealkylation sites (tertiary alicyclic amines) is 1. The molecule has 0 aliphatic carbocycles. The highest BCUT2D eigenvalue weighted by Gasteiger charge is 2.46. The summed E-state index contributed by atoms with van der Waals surface area (Å²) in [6, 6.07) is 18.3. The number of benzene rings is 3. The first-order valence-electron chi connectivity index (χ1n) is 13.3. The van der Waals surface area contributed by atoms with Gasteiger partial charge in [-0.05, 0) is 63.1 Å². The zero-order chi connectivity index (χ0) is 28.8. The van der Waals surface area contributed by atoms with Crippen LogP contribution in [0.4, 0.5) is 0 Å². The predicted molar refractivity (Wildman–Crippen MR) is 150 cm³/mol. The van der Waals surface area contributed by atoms with E-state index in [4.69, 9.17) is 14.2 Å². The molecule has 8 heteroatoms. The monoisotopic (exact) mass is 543 g/mol. The molecule has 208 valence electrons. The number of hydrogen-bond donors (Lipinski definition) is 1. The summed E-state index contributed by atoms with van der Waals surface area (Å²) < 4.78 is 16.4. The predicted octanol–water partition coefficient (Wildman–Crippen LogP) is 5.59. The van der Waals surface area contributed by atoms with Gasteiger partial charge in [-0.3, -0.25) is 9.59 Å². The van der Waals surface area contributed by atoms with Crippen molar-refractivity contribution in [1.29, 1.82) is 0 Å². The van der Waals surface area contributed by atoms with Crippen LogP contribution < -0.4 is 9.47 Å². The Morgan fingerprint density at radius 3 is 2.27 bits per heavy atom. The van der Waals surface area contributed by atoms with Crippen molar-refractivity contribution in [2.75, 3.05) is 19.8 Å². The second kappa shape index (κ2) is 12.5. The second-order valence-corrected chi connectivity index (χ2v) is 9.28. The summed E-state index contributed by atoms with van der Waals surface area (Å²) >= 11 is 0. The summed E-state index contributed by atoms with van der Waals surface area (Å²) in [7, 11) is 0. The van der Waals surface area contributed by atoms with Crippen LogP contribution in [0.3, 0.4) is 0 Å². The minimum atomic E-state index is -0.842. The summed E-state index contributed by atoms with van der Waals surface area (Å²) in [5, 5.41) is 11.6. The minimum absolute atomic E-state index is 0.0242. The minimum Gasteiger partial charge on any atom is -0.507 e. The van der Waals surface area contributed by atoms with Crippen LogP contribution in [0.25, 0.3) is 5.76 Å². The van der Waals surface area contributed by atoms with Gasteiger partial charge in [0.05, 0.1) is 42.6 Å². The molecule has 4 rings (SSSR count). The first-order chi connectivity index (χ1) is 19.3. The van der Waals surface area contributed by atoms with Gasteiger partial charge in [0.15, 0.2) is 0 Å². The quantitative estimate of drug-likeness (QED) is 0.154. The molecule has 1 heterocycles. The van der Waals surface area contributed by atoms with Gasteiger partial charge in [-0.25, -0.2) is 4.79 Å². The third-order valence-electron chi connectivity index (χ3n) is 6.53. The van der Waals surface area contributed by atoms with Gasteiger partial charge in [-0.15, -0.1) is 0 Å². The first kappa shape index (κ1) is 28.4. The van der Waals surface area contributed by atoms with Crippen LogP contribution in [0.15, 0.2) is 72.3 Å². The van der Waals surface area contributed by atoms with Crippen molar-refractivity contribution in [1.82, 2.24) is 4.90 Å². The number of nitrogens with zero attached hydrogens (tertiary/aromatic N) is 1. The maximum Gasteiger partial charge on any atom is 0.338 e. The van der Waals surface area contributed by atoms with Crippen LogP contribution in [0.2, 0.25) is 0 Å². The van der Waals surface area contributed by atoms with Crippen molar-refractivity contribution in [3.8, 4) is 11.5 Å². The third-order valence-corrected chi connectivity index (χ3v) is 6.53. The molecule has 1 N–H and O–H groups in total. The number of ether oxygens (including phenoxy) is 3. The molecular weight excluding hydrogens is 510 g/mol. The Morgan fingerprint density at radius 2 is 1.62 bits per heavy atom. The smallest absolute Gasteiger partial charge is 0.338 e. The summed E-state index contributed by atoms with van der Waals surface area (Å²) in [5.41, 5.74) is 3.00. The van der Waals surface area contributed by atoms with Crippen LogP contribution >= 0.6 is 0 Å². The fourth-order valence-corrected chi connectivity index (χ4v) is 4.76. The maximum absolute atomic E-state index is 13.5. The number of rotatable bonds is 10. The third kappa shape index (κ3) is 5.86. The van der Waals surface area contributed by atoms with E-state index in [9.17, 15) is 19.5 Å². The largest absolute Gasteiger partial charge is 0.507 e. The summed E-state index contributed by atoms with van der Waals surface area (Å²) in [4.78, 5) is 40.5. The molecule has 1 atom stereocenters. The molecule has 0 spiro atoms. The molecule has 3 aromatic rings. The lowest BCUT2D eigenvalue weighted by atomic mass is 9.94. The van der Waals surface area contributed by atoms with Crippen molar-refractivity contribution in [3.05, 3.63) is 100 Å². The van der Waals surface area contributed by atoms with E-state index in [1.54, 1.807) is 49.4 Å². The molecule has 1 unspecified atom stereocenters. The number of aliphatic hydroxyl groups excluding tert-OH is 1. The topological polar surface area (TPSA) is 102 Å². The summed E-state index contributed by atoms with van der Waals surface area (Å²) in [6.45, 7) is 8.47. The maximum atomic E-state index is 13.5. The van der Waals surface area contributed by atoms with Crippen molar-refractivity contribution < 1.29 is 33.7 Å². The van der Waals surface area contributed by atoms with Crippen LogP contribution in [0.5, 0.6) is 11.5 Å². The van der Waals surface area contributed by atoms with Crippen LogP contribution in [-0.2, 0) is 20.9 Å². The Hall–Kier alpha value is -4.59. The molecule has 1 amide bonds. The fraction of sp³-hybridized carbons (Fsp3) is 0.281. The average molecular weight is 544 g/mol. The van der Waals surface area contributed by atoms with Gasteiger partial charge in [-0.2, -0.15) is 0 Å². The lowest BCUT2D eigenvalue weighted by Gasteiger charge is -2.26. The molecular formula is C32H33NO7. The second-order valence-electron chi connectivity index (χ2n) is 9.28. The molecule has 40 heavy (non-hydrogen) atoms. The van der Waals surface area contributed by atoms with Crippen LogP contribution in [0.1, 0.15) is 59.4 Å². The van der Waals surface area contributed by atoms with E-state index in [2.05, 4.69) is 0 Å². The number of hydrogen-bond acceptors (Lipinski definition) is 7. The Bertz CT molecular complexity index is 1440. The van der Waals surface area contributed by atoms with Gasteiger partial charge < -0.3 is 24.2 Å². The number of carbonyl (C=O) groups excluding carboxylic acids is 3. The van der Waals surface area contributed by atoms with E-state index in [0.717, 1.165) is 5.56 Å². The fourth-order valence-electron chi connectivity index (χ4n) is 4.76. The van der Waals surface area contributed by atoms with E-state index in [1.807, 2.05) is 45.0 Å². The van der Waals surface area contributed by atoms with Gasteiger partial charge in [0, 0.05) is 12.6 Å². The number of esters is 1. The molecule has 0 bridgehead atoms. The number of carbonyl (C=O) groups is 3. The highest BCUT2D eigenvalue weighted by Crippen LogP contribution is 2.42. The Balaban J connectivity index is 1.81. The van der Waals surface area contributed by atoms with E-state index in [-0.39, 0.29) is 24.5 Å². The van der Waals surface area contributed by atoms with Crippen molar-refractivity contribution in [2.24, 2.45) is 0 Å². The summed E-state index contributed by atoms with van der Waals surface area (Å²) in [5.74, 6) is -1.37. The number of ketones is 1. The van der Waals surface area contributed by atoms with Gasteiger partial charge in [-0.1, -0.05) is 42.0 Å². The normalized spacial score (nSPS) is 16.2. The Labute approximate surface area is 233 Å². The van der Waals surface area contributed by atoms with E-state index in [1.165, 1.54) is 4.90 Å². The number of aliphatic hydroxyl groups is 1. The molecule has 3 aromatic carbocycles. The molecule has 1 aliphatic rings. The van der Waals surface area contributed by atoms with Gasteiger partial charge in [0.1, 0.15) is 17.3 Å². The molecule has 1 saturated heterocycles. The molecule has 0 radical (unpaired) electrons. The Morgan fingerprint density at radius 1 is 0.900 bits per heavy atom. The van der Waals surface area contributed by atoms with Crippen molar-refractivity contribution in [3.63, 3.8) is 0 Å². The zero-order valence-corrected chi connectivity index (χ0v) is 23.1. The highest BCUT2D eigenvalue weighted by molar-refractivity contribution is 6.46. The number of aryl methyl sites for hydroxylation is 1. The molecule has 0 saturated carbocycles. The standard InChI is InChI=1S/C32H33NO7/c1-5-38-24-15-16-25(26(18-24)39-6-2)29(34)27-28(23-10-8-9-20(4)17-23)33(31(36)30(27)35)19-21-11-13-22(14-12-21)32(37)40-7-3/h8-18,28,34H,5-7,19H2,1-4H3/b29-27-. The number of Topliss-reactive ketones (excluding diaryl/α,β-unsaturated/α-hetero) is 1. The van der Waals surface area contributed by atoms with Gasteiger partial charge in [0.25, 0.3) is 11.7 Å². The SMILES string of the molecule is CCOC(=O)c1ccc(CN2C(=O)C(=O)/C(=C(\O)c3ccc(OCC)cc3OCC)C2c2cccc(C)c2)cc1. The first-order valence-corrected chi connectivity index (χ1v) is 13.3. The average Bonchev–Trinajstić information content (AvgIpc) is 3.19. The molecule has 0 aromatic heterocycles. The van der Waals surface area contributed by atoms with Crippen molar-refractivity contribution >= 4 is 23.4 Å². The Kier molecular flexibility index (Phi) is 8.89.